The largest absolute Gasteiger partial charge is 0.497 e. The Labute approximate surface area is 211 Å². The van der Waals surface area contributed by atoms with Crippen molar-refractivity contribution in [3.8, 4) is 5.75 Å². The van der Waals surface area contributed by atoms with E-state index in [4.69, 9.17) is 9.47 Å². The molecule has 184 valence electrons. The van der Waals surface area contributed by atoms with Crippen LogP contribution in [0.4, 0.5) is 4.79 Å². The summed E-state index contributed by atoms with van der Waals surface area (Å²) in [6.45, 7) is 5.36. The van der Waals surface area contributed by atoms with Crippen molar-refractivity contribution in [1.82, 2.24) is 4.57 Å². The lowest BCUT2D eigenvalue weighted by atomic mass is 9.71. The number of methoxy groups -OCH3 is 1. The second-order valence-corrected chi connectivity index (χ2v) is 10.5. The van der Waals surface area contributed by atoms with E-state index >= 15 is 0 Å². The predicted molar refractivity (Wildman–Crippen MR) is 135 cm³/mol. The second kappa shape index (κ2) is 9.45. The van der Waals surface area contributed by atoms with Crippen LogP contribution in [-0.4, -0.2) is 40.6 Å². The highest BCUT2D eigenvalue weighted by molar-refractivity contribution is 9.10. The Morgan fingerprint density at radius 2 is 1.97 bits per heavy atom. The van der Waals surface area contributed by atoms with Gasteiger partial charge in [-0.15, -0.1) is 0 Å². The molecule has 1 aliphatic carbocycles. The quantitative estimate of drug-likeness (QED) is 0.227. The standard InChI is InChI=1S/C26H27BrN2O6/c1-26(2,3)35-25(31)28-21-10-9-15(34-4)13-19(21)23-17(11-12-30)24(29(32)33)18(14-22(23)28)16-7-5-6-8-20(16)27/h5-10,12-13,17-18,24H,11,14H2,1-4H3/t17-,18-,24+/m0/s1. The van der Waals surface area contributed by atoms with Crippen LogP contribution in [0.25, 0.3) is 10.9 Å². The van der Waals surface area contributed by atoms with Gasteiger partial charge in [0.05, 0.1) is 24.5 Å². The lowest BCUT2D eigenvalue weighted by Crippen LogP contribution is -2.40. The van der Waals surface area contributed by atoms with Crippen LogP contribution < -0.4 is 4.74 Å². The minimum atomic E-state index is -1.06. The lowest BCUT2D eigenvalue weighted by molar-refractivity contribution is -0.532. The van der Waals surface area contributed by atoms with Crippen molar-refractivity contribution in [2.24, 2.45) is 0 Å². The Bertz CT molecular complexity index is 1310. The van der Waals surface area contributed by atoms with Crippen molar-refractivity contribution < 1.29 is 24.0 Å². The van der Waals surface area contributed by atoms with Crippen molar-refractivity contribution in [2.75, 3.05) is 7.11 Å². The number of nitrogens with zero attached hydrogens (tertiary/aromatic N) is 2. The van der Waals surface area contributed by atoms with E-state index in [1.165, 1.54) is 11.7 Å². The highest BCUT2D eigenvalue weighted by Gasteiger charge is 2.49. The van der Waals surface area contributed by atoms with Gasteiger partial charge in [0.1, 0.15) is 17.6 Å². The van der Waals surface area contributed by atoms with Gasteiger partial charge in [0.15, 0.2) is 0 Å². The first-order valence-corrected chi connectivity index (χ1v) is 12.1. The van der Waals surface area contributed by atoms with Crippen molar-refractivity contribution in [1.29, 1.82) is 0 Å². The third-order valence-electron chi connectivity index (χ3n) is 6.40. The second-order valence-electron chi connectivity index (χ2n) is 9.68. The van der Waals surface area contributed by atoms with Crippen LogP contribution in [0.2, 0.25) is 0 Å². The van der Waals surface area contributed by atoms with Crippen LogP contribution in [0, 0.1) is 10.1 Å². The highest BCUT2D eigenvalue weighted by atomic mass is 79.9. The molecule has 0 unspecified atom stereocenters. The number of halogens is 1. The van der Waals surface area contributed by atoms with E-state index in [2.05, 4.69) is 15.9 Å². The zero-order chi connectivity index (χ0) is 25.5. The summed E-state index contributed by atoms with van der Waals surface area (Å²) in [4.78, 5) is 37.4. The van der Waals surface area contributed by atoms with Gasteiger partial charge in [-0.2, -0.15) is 0 Å². The summed E-state index contributed by atoms with van der Waals surface area (Å²) in [6, 6.07) is 11.6. The molecule has 0 spiro atoms. The lowest BCUT2D eigenvalue weighted by Gasteiger charge is -2.33. The Hall–Kier alpha value is -3.20. The summed E-state index contributed by atoms with van der Waals surface area (Å²) in [6.07, 6.45) is 0.327. The van der Waals surface area contributed by atoms with Gasteiger partial charge in [-0.1, -0.05) is 34.1 Å². The minimum Gasteiger partial charge on any atom is -0.497 e. The number of ether oxygens (including phenoxy) is 2. The zero-order valence-corrected chi connectivity index (χ0v) is 21.6. The number of aldehydes is 1. The number of carbonyl (C=O) groups excluding carboxylic acids is 2. The van der Waals surface area contributed by atoms with E-state index in [0.717, 1.165) is 10.0 Å². The monoisotopic (exact) mass is 542 g/mol. The van der Waals surface area contributed by atoms with Gasteiger partial charge in [-0.3, -0.25) is 10.1 Å². The van der Waals surface area contributed by atoms with Crippen LogP contribution in [0.3, 0.4) is 0 Å². The van der Waals surface area contributed by atoms with Crippen molar-refractivity contribution >= 4 is 39.2 Å². The average Bonchev–Trinajstić information content (AvgIpc) is 3.11. The maximum atomic E-state index is 13.4. The van der Waals surface area contributed by atoms with Gasteiger partial charge in [0.2, 0.25) is 6.04 Å². The zero-order valence-electron chi connectivity index (χ0n) is 20.0. The number of hydrogen-bond acceptors (Lipinski definition) is 6. The van der Waals surface area contributed by atoms with Crippen molar-refractivity contribution in [2.45, 2.75) is 57.1 Å². The van der Waals surface area contributed by atoms with E-state index in [-0.39, 0.29) is 17.8 Å². The maximum absolute atomic E-state index is 13.4. The smallest absolute Gasteiger partial charge is 0.419 e. The van der Waals surface area contributed by atoms with Crippen molar-refractivity contribution in [3.63, 3.8) is 0 Å². The molecule has 1 aliphatic rings. The molecule has 0 fully saturated rings. The van der Waals surface area contributed by atoms with Gasteiger partial charge in [-0.25, -0.2) is 9.36 Å². The normalized spacial score (nSPS) is 19.7. The van der Waals surface area contributed by atoms with Crippen LogP contribution in [0.1, 0.15) is 55.8 Å². The molecule has 0 aliphatic heterocycles. The van der Waals surface area contributed by atoms with Crippen LogP contribution >= 0.6 is 15.9 Å². The van der Waals surface area contributed by atoms with Crippen molar-refractivity contribution in [3.05, 3.63) is 73.9 Å². The summed E-state index contributed by atoms with van der Waals surface area (Å²) in [7, 11) is 1.53. The summed E-state index contributed by atoms with van der Waals surface area (Å²) in [5.41, 5.74) is 1.83. The fourth-order valence-corrected chi connectivity index (χ4v) is 5.69. The molecule has 0 amide bonds. The van der Waals surface area contributed by atoms with E-state index in [1.807, 2.05) is 24.3 Å². The first-order valence-electron chi connectivity index (χ1n) is 11.3. The summed E-state index contributed by atoms with van der Waals surface area (Å²) >= 11 is 3.54. The van der Waals surface area contributed by atoms with Crippen LogP contribution in [0.15, 0.2) is 46.9 Å². The number of rotatable bonds is 5. The van der Waals surface area contributed by atoms with Gasteiger partial charge in [-0.05, 0) is 56.2 Å². The van der Waals surface area contributed by atoms with Gasteiger partial charge in [0.25, 0.3) is 0 Å². The highest BCUT2D eigenvalue weighted by Crippen LogP contribution is 2.48. The van der Waals surface area contributed by atoms with E-state index in [9.17, 15) is 19.7 Å². The molecule has 0 N–H and O–H groups in total. The molecule has 2 aromatic carbocycles. The Morgan fingerprint density at radius 3 is 2.57 bits per heavy atom. The number of benzene rings is 2. The molecule has 9 heteroatoms. The third kappa shape index (κ3) is 4.57. The fraction of sp³-hybridized carbons (Fsp3) is 0.385. The summed E-state index contributed by atoms with van der Waals surface area (Å²) in [5, 5.41) is 13.1. The number of aromatic nitrogens is 1. The van der Waals surface area contributed by atoms with Gasteiger partial charge >= 0.3 is 6.09 Å². The molecule has 1 heterocycles. The number of fused-ring (bicyclic) bond motifs is 3. The van der Waals surface area contributed by atoms with Gasteiger partial charge in [0, 0.05) is 33.3 Å². The van der Waals surface area contributed by atoms with E-state index in [1.54, 1.807) is 39.0 Å². The molecule has 0 saturated carbocycles. The minimum absolute atomic E-state index is 0.0513. The van der Waals surface area contributed by atoms with Crippen LogP contribution in [-0.2, 0) is 16.0 Å². The molecule has 35 heavy (non-hydrogen) atoms. The van der Waals surface area contributed by atoms with Crippen LogP contribution in [0.5, 0.6) is 5.75 Å². The Morgan fingerprint density at radius 1 is 1.26 bits per heavy atom. The fourth-order valence-electron chi connectivity index (χ4n) is 5.11. The van der Waals surface area contributed by atoms with E-state index in [0.29, 0.717) is 34.2 Å². The molecule has 4 rings (SSSR count). The Kier molecular flexibility index (Phi) is 6.73. The molecule has 0 saturated heterocycles. The molecule has 3 aromatic rings. The molecule has 8 nitrogen and oxygen atoms in total. The SMILES string of the molecule is COc1ccc2c(c1)c1c(n2C(=O)OC(C)(C)C)C[C@@H](c2ccccc2Br)[C@H]([N+](=O)[O-])[C@H]1CC=O. The number of hydrogen-bond donors (Lipinski definition) is 0. The summed E-state index contributed by atoms with van der Waals surface area (Å²) in [5.74, 6) is -0.746. The number of nitro groups is 1. The maximum Gasteiger partial charge on any atom is 0.419 e. The molecular weight excluding hydrogens is 516 g/mol. The molecule has 1 aromatic heterocycles. The topological polar surface area (TPSA) is 101 Å². The Balaban J connectivity index is 2.05. The molecular formula is C26H27BrN2O6. The van der Waals surface area contributed by atoms with E-state index < -0.39 is 29.6 Å². The number of carbonyl (C=O) groups is 2. The summed E-state index contributed by atoms with van der Waals surface area (Å²) < 4.78 is 13.4. The predicted octanol–water partition coefficient (Wildman–Crippen LogP) is 5.85. The average molecular weight is 543 g/mol. The molecule has 0 radical (unpaired) electrons. The first kappa shape index (κ1) is 24.9. The molecule has 3 atom stereocenters. The third-order valence-corrected chi connectivity index (χ3v) is 7.12. The first-order chi connectivity index (χ1) is 16.6. The van der Waals surface area contributed by atoms with Gasteiger partial charge < -0.3 is 14.3 Å². The molecule has 0 bridgehead atoms.